The van der Waals surface area contributed by atoms with E-state index >= 15 is 0 Å². The first-order chi connectivity index (χ1) is 9.14. The minimum atomic E-state index is -0.788. The zero-order valence-electron chi connectivity index (χ0n) is 11.6. The van der Waals surface area contributed by atoms with Crippen molar-refractivity contribution in [3.05, 3.63) is 22.2 Å². The molecule has 0 aliphatic rings. The van der Waals surface area contributed by atoms with E-state index in [1.54, 1.807) is 20.8 Å². The summed E-state index contributed by atoms with van der Waals surface area (Å²) in [6.07, 6.45) is -0.788. The van der Waals surface area contributed by atoms with Gasteiger partial charge in [0.2, 0.25) is 0 Å². The second-order valence-corrected chi connectivity index (χ2v) is 4.93. The predicted octanol–water partition coefficient (Wildman–Crippen LogP) is 2.66. The minimum Gasteiger partial charge on any atom is -0.505 e. The van der Waals surface area contributed by atoms with Gasteiger partial charge < -0.3 is 14.6 Å². The number of carbonyl (C=O) groups excluding carboxylic acids is 1. The third-order valence-electron chi connectivity index (χ3n) is 2.13. The SMILES string of the molecule is COc1cc(NC(=O)OC(C)(C)C)c(O)cc1[N+](=O)[O-]. The first-order valence-electron chi connectivity index (χ1n) is 5.69. The summed E-state index contributed by atoms with van der Waals surface area (Å²) in [6.45, 7) is 5.05. The minimum absolute atomic E-state index is 0.0401. The van der Waals surface area contributed by atoms with Crippen LogP contribution in [-0.2, 0) is 4.74 Å². The Labute approximate surface area is 115 Å². The number of nitro benzene ring substituents is 1. The lowest BCUT2D eigenvalue weighted by molar-refractivity contribution is -0.385. The number of anilines is 1. The molecule has 0 aliphatic carbocycles. The van der Waals surface area contributed by atoms with E-state index in [9.17, 15) is 20.0 Å². The summed E-state index contributed by atoms with van der Waals surface area (Å²) in [6, 6.07) is 2.04. The molecule has 1 aromatic carbocycles. The molecule has 0 saturated heterocycles. The number of amides is 1. The number of methoxy groups -OCH3 is 1. The largest absolute Gasteiger partial charge is 0.505 e. The van der Waals surface area contributed by atoms with Gasteiger partial charge in [0.25, 0.3) is 0 Å². The van der Waals surface area contributed by atoms with Gasteiger partial charge in [-0.2, -0.15) is 0 Å². The van der Waals surface area contributed by atoms with E-state index in [0.717, 1.165) is 12.1 Å². The van der Waals surface area contributed by atoms with E-state index in [0.29, 0.717) is 0 Å². The van der Waals surface area contributed by atoms with Gasteiger partial charge in [0.1, 0.15) is 11.4 Å². The van der Waals surface area contributed by atoms with E-state index < -0.39 is 28.1 Å². The van der Waals surface area contributed by atoms with Crippen molar-refractivity contribution in [2.45, 2.75) is 26.4 Å². The Morgan fingerprint density at radius 2 is 2.00 bits per heavy atom. The van der Waals surface area contributed by atoms with Crippen LogP contribution >= 0.6 is 0 Å². The van der Waals surface area contributed by atoms with E-state index in [1.165, 1.54) is 7.11 Å². The molecule has 0 radical (unpaired) electrons. The number of nitrogens with one attached hydrogen (secondary N) is 1. The molecule has 0 fully saturated rings. The zero-order chi connectivity index (χ0) is 15.5. The van der Waals surface area contributed by atoms with Crippen molar-refractivity contribution in [1.29, 1.82) is 0 Å². The molecule has 8 nitrogen and oxygen atoms in total. The van der Waals surface area contributed by atoms with Crippen LogP contribution in [0, 0.1) is 10.1 Å². The molecule has 0 unspecified atom stereocenters. The third kappa shape index (κ3) is 4.01. The number of hydrogen-bond acceptors (Lipinski definition) is 6. The highest BCUT2D eigenvalue weighted by molar-refractivity contribution is 5.88. The average molecular weight is 284 g/mol. The summed E-state index contributed by atoms with van der Waals surface area (Å²) in [5.41, 5.74) is -1.15. The van der Waals surface area contributed by atoms with E-state index in [1.807, 2.05) is 0 Å². The first-order valence-corrected chi connectivity index (χ1v) is 5.69. The Morgan fingerprint density at radius 3 is 2.45 bits per heavy atom. The third-order valence-corrected chi connectivity index (χ3v) is 2.13. The monoisotopic (exact) mass is 284 g/mol. The Balaban J connectivity index is 3.02. The summed E-state index contributed by atoms with van der Waals surface area (Å²) in [5, 5.41) is 22.7. The number of aromatic hydroxyl groups is 1. The lowest BCUT2D eigenvalue weighted by Gasteiger charge is -2.20. The van der Waals surface area contributed by atoms with Crippen LogP contribution in [0.5, 0.6) is 11.5 Å². The molecule has 0 saturated carbocycles. The van der Waals surface area contributed by atoms with Crippen molar-refractivity contribution < 1.29 is 24.3 Å². The van der Waals surface area contributed by atoms with Crippen molar-refractivity contribution in [3.8, 4) is 11.5 Å². The molecule has 0 aromatic heterocycles. The molecular formula is C12H16N2O6. The van der Waals surface area contributed by atoms with Crippen LogP contribution in [0.15, 0.2) is 12.1 Å². The second-order valence-electron chi connectivity index (χ2n) is 4.93. The van der Waals surface area contributed by atoms with Crippen LogP contribution in [0.1, 0.15) is 20.8 Å². The second kappa shape index (κ2) is 5.64. The number of phenols is 1. The predicted molar refractivity (Wildman–Crippen MR) is 71.2 cm³/mol. The van der Waals surface area contributed by atoms with Gasteiger partial charge in [0, 0.05) is 6.07 Å². The van der Waals surface area contributed by atoms with Crippen LogP contribution in [0.4, 0.5) is 16.2 Å². The van der Waals surface area contributed by atoms with E-state index in [2.05, 4.69) is 5.32 Å². The van der Waals surface area contributed by atoms with Crippen molar-refractivity contribution in [2.24, 2.45) is 0 Å². The molecule has 110 valence electrons. The maximum atomic E-state index is 11.6. The van der Waals surface area contributed by atoms with Gasteiger partial charge in [-0.15, -0.1) is 0 Å². The Morgan fingerprint density at radius 1 is 1.40 bits per heavy atom. The lowest BCUT2D eigenvalue weighted by Crippen LogP contribution is -2.27. The van der Waals surface area contributed by atoms with Crippen LogP contribution in [0.3, 0.4) is 0 Å². The number of ether oxygens (including phenoxy) is 2. The number of nitrogens with zero attached hydrogens (tertiary/aromatic N) is 1. The van der Waals surface area contributed by atoms with Crippen LogP contribution in [-0.4, -0.2) is 28.8 Å². The van der Waals surface area contributed by atoms with Gasteiger partial charge in [0.05, 0.1) is 23.8 Å². The normalized spacial score (nSPS) is 10.8. The maximum absolute atomic E-state index is 11.6. The summed E-state index contributed by atoms with van der Waals surface area (Å²) >= 11 is 0. The highest BCUT2D eigenvalue weighted by Crippen LogP contribution is 2.37. The van der Waals surface area contributed by atoms with Crippen LogP contribution < -0.4 is 10.1 Å². The number of hydrogen-bond donors (Lipinski definition) is 2. The molecular weight excluding hydrogens is 268 g/mol. The molecule has 1 aromatic rings. The number of nitro groups is 1. The summed E-state index contributed by atoms with van der Waals surface area (Å²) in [7, 11) is 1.25. The van der Waals surface area contributed by atoms with Crippen LogP contribution in [0.25, 0.3) is 0 Å². The standard InChI is InChI=1S/C12H16N2O6/c1-12(2,3)20-11(16)13-7-5-10(19-4)8(14(17)18)6-9(7)15/h5-6,15H,1-4H3,(H,13,16). The van der Waals surface area contributed by atoms with Crippen molar-refractivity contribution in [2.75, 3.05) is 12.4 Å². The molecule has 0 bridgehead atoms. The number of rotatable bonds is 3. The Hall–Kier alpha value is -2.51. The molecule has 0 aliphatic heterocycles. The molecule has 0 atom stereocenters. The summed E-state index contributed by atoms with van der Waals surface area (Å²) in [4.78, 5) is 21.6. The average Bonchev–Trinajstić information content (AvgIpc) is 2.28. The zero-order valence-corrected chi connectivity index (χ0v) is 11.6. The molecule has 2 N–H and O–H groups in total. The molecule has 8 heteroatoms. The summed E-state index contributed by atoms with van der Waals surface area (Å²) < 4.78 is 9.85. The molecule has 1 rings (SSSR count). The van der Waals surface area contributed by atoms with Crippen molar-refractivity contribution in [1.82, 2.24) is 0 Å². The fourth-order valence-electron chi connectivity index (χ4n) is 1.38. The van der Waals surface area contributed by atoms with Gasteiger partial charge in [-0.25, -0.2) is 4.79 Å². The first kappa shape index (κ1) is 15.5. The summed E-state index contributed by atoms with van der Waals surface area (Å²) in [5.74, 6) is -0.540. The van der Waals surface area contributed by atoms with Gasteiger partial charge >= 0.3 is 11.8 Å². The van der Waals surface area contributed by atoms with Crippen molar-refractivity contribution >= 4 is 17.5 Å². The van der Waals surface area contributed by atoms with Crippen LogP contribution in [0.2, 0.25) is 0 Å². The topological polar surface area (TPSA) is 111 Å². The van der Waals surface area contributed by atoms with Gasteiger partial charge in [-0.3, -0.25) is 15.4 Å². The fraction of sp³-hybridized carbons (Fsp3) is 0.417. The highest BCUT2D eigenvalue weighted by Gasteiger charge is 2.22. The molecule has 20 heavy (non-hydrogen) atoms. The quantitative estimate of drug-likeness (QED) is 0.501. The van der Waals surface area contributed by atoms with Gasteiger partial charge in [-0.05, 0) is 20.8 Å². The van der Waals surface area contributed by atoms with Gasteiger partial charge in [-0.1, -0.05) is 0 Å². The number of carbonyl (C=O) groups is 1. The lowest BCUT2D eigenvalue weighted by atomic mass is 10.2. The molecule has 0 spiro atoms. The maximum Gasteiger partial charge on any atom is 0.412 e. The number of benzene rings is 1. The number of phenolic OH excluding ortho intramolecular Hbond substituents is 1. The fourth-order valence-corrected chi connectivity index (χ4v) is 1.38. The Bertz CT molecular complexity index is 535. The smallest absolute Gasteiger partial charge is 0.412 e. The molecule has 1 amide bonds. The van der Waals surface area contributed by atoms with Crippen molar-refractivity contribution in [3.63, 3.8) is 0 Å². The van der Waals surface area contributed by atoms with E-state index in [4.69, 9.17) is 9.47 Å². The van der Waals surface area contributed by atoms with E-state index in [-0.39, 0.29) is 11.4 Å². The Kier molecular flexibility index (Phi) is 4.38. The van der Waals surface area contributed by atoms with Gasteiger partial charge in [0.15, 0.2) is 5.75 Å². The highest BCUT2D eigenvalue weighted by atomic mass is 16.6. The molecule has 0 heterocycles.